The molecule has 1 aliphatic carbocycles. The Kier molecular flexibility index (Phi) is 1.70. The highest BCUT2D eigenvalue weighted by Crippen LogP contribution is 2.38. The van der Waals surface area contributed by atoms with Gasteiger partial charge >= 0.3 is 0 Å². The standard InChI is InChI=1S/C6H10F2O/c1-3-5(7)4(2-9)6(3)8/h3-6,9H,2H2,1H3. The molecule has 1 rings (SSSR count). The minimum Gasteiger partial charge on any atom is -0.396 e. The first kappa shape index (κ1) is 6.93. The van der Waals surface area contributed by atoms with E-state index in [-0.39, 0.29) is 6.61 Å². The number of hydrogen-bond donors (Lipinski definition) is 1. The van der Waals surface area contributed by atoms with Crippen molar-refractivity contribution in [3.05, 3.63) is 0 Å². The number of alkyl halides is 2. The molecule has 1 saturated carbocycles. The maximum absolute atomic E-state index is 12.4. The highest BCUT2D eigenvalue weighted by Gasteiger charge is 2.48. The van der Waals surface area contributed by atoms with Gasteiger partial charge in [0.05, 0.1) is 6.61 Å². The van der Waals surface area contributed by atoms with Gasteiger partial charge < -0.3 is 5.11 Å². The maximum atomic E-state index is 12.4. The molecule has 0 radical (unpaired) electrons. The molecule has 54 valence electrons. The van der Waals surface area contributed by atoms with E-state index in [4.69, 9.17) is 5.11 Å². The van der Waals surface area contributed by atoms with Gasteiger partial charge in [-0.15, -0.1) is 0 Å². The SMILES string of the molecule is CC1C(F)C(CO)C1F. The molecule has 0 aromatic carbocycles. The summed E-state index contributed by atoms with van der Waals surface area (Å²) in [7, 11) is 0. The van der Waals surface area contributed by atoms with E-state index in [1.807, 2.05) is 0 Å². The Labute approximate surface area is 52.7 Å². The molecule has 0 aliphatic heterocycles. The van der Waals surface area contributed by atoms with Crippen molar-refractivity contribution in [2.45, 2.75) is 19.3 Å². The summed E-state index contributed by atoms with van der Waals surface area (Å²) in [6.07, 6.45) is -2.27. The molecule has 0 amide bonds. The summed E-state index contributed by atoms with van der Waals surface area (Å²) in [6, 6.07) is 0. The summed E-state index contributed by atoms with van der Waals surface area (Å²) in [4.78, 5) is 0. The minimum atomic E-state index is -1.13. The van der Waals surface area contributed by atoms with E-state index < -0.39 is 24.2 Å². The zero-order chi connectivity index (χ0) is 7.02. The summed E-state index contributed by atoms with van der Waals surface area (Å²) in [6.45, 7) is 1.15. The molecule has 1 fully saturated rings. The highest BCUT2D eigenvalue weighted by molar-refractivity contribution is 4.95. The van der Waals surface area contributed by atoms with E-state index in [1.54, 1.807) is 0 Å². The van der Waals surface area contributed by atoms with E-state index in [0.717, 1.165) is 0 Å². The van der Waals surface area contributed by atoms with Crippen LogP contribution in [0.2, 0.25) is 0 Å². The predicted molar refractivity (Wildman–Crippen MR) is 29.5 cm³/mol. The van der Waals surface area contributed by atoms with Gasteiger partial charge in [0.25, 0.3) is 0 Å². The largest absolute Gasteiger partial charge is 0.396 e. The Morgan fingerprint density at radius 1 is 1.33 bits per heavy atom. The van der Waals surface area contributed by atoms with Crippen LogP contribution in [-0.4, -0.2) is 24.1 Å². The van der Waals surface area contributed by atoms with Crippen molar-refractivity contribution >= 4 is 0 Å². The Balaban J connectivity index is 2.41. The molecule has 0 bridgehead atoms. The second-order valence-corrected chi connectivity index (χ2v) is 2.59. The van der Waals surface area contributed by atoms with Crippen LogP contribution in [0.25, 0.3) is 0 Å². The zero-order valence-corrected chi connectivity index (χ0v) is 5.22. The molecule has 1 N–H and O–H groups in total. The normalized spacial score (nSPS) is 50.7. The molecule has 0 spiro atoms. The molecule has 0 heterocycles. The number of hydrogen-bond acceptors (Lipinski definition) is 1. The summed E-state index contributed by atoms with van der Waals surface area (Å²) < 4.78 is 24.9. The van der Waals surface area contributed by atoms with Crippen LogP contribution in [0.15, 0.2) is 0 Å². The zero-order valence-electron chi connectivity index (χ0n) is 5.22. The molecule has 9 heavy (non-hydrogen) atoms. The molecule has 0 aromatic heterocycles. The Hall–Kier alpha value is -0.180. The summed E-state index contributed by atoms with van der Waals surface area (Å²) in [5.74, 6) is -1.26. The van der Waals surface area contributed by atoms with Gasteiger partial charge in [0.1, 0.15) is 12.3 Å². The lowest BCUT2D eigenvalue weighted by molar-refractivity contribution is -0.0803. The molecular weight excluding hydrogens is 126 g/mol. The van der Waals surface area contributed by atoms with Gasteiger partial charge in [-0.2, -0.15) is 0 Å². The van der Waals surface area contributed by atoms with Crippen LogP contribution in [0, 0.1) is 11.8 Å². The fraction of sp³-hybridized carbons (Fsp3) is 1.00. The van der Waals surface area contributed by atoms with Gasteiger partial charge in [0.2, 0.25) is 0 Å². The van der Waals surface area contributed by atoms with Crippen LogP contribution in [0.4, 0.5) is 8.78 Å². The van der Waals surface area contributed by atoms with E-state index >= 15 is 0 Å². The third-order valence-corrected chi connectivity index (χ3v) is 2.03. The van der Waals surface area contributed by atoms with Gasteiger partial charge in [0, 0.05) is 11.8 Å². The van der Waals surface area contributed by atoms with E-state index in [1.165, 1.54) is 6.92 Å². The van der Waals surface area contributed by atoms with Crippen molar-refractivity contribution in [2.75, 3.05) is 6.61 Å². The van der Waals surface area contributed by atoms with Crippen LogP contribution in [0.5, 0.6) is 0 Å². The van der Waals surface area contributed by atoms with Crippen molar-refractivity contribution in [3.8, 4) is 0 Å². The van der Waals surface area contributed by atoms with Gasteiger partial charge in [-0.25, -0.2) is 8.78 Å². The third-order valence-electron chi connectivity index (χ3n) is 2.03. The Bertz CT molecular complexity index is 97.2. The Morgan fingerprint density at radius 2 is 1.78 bits per heavy atom. The first-order valence-electron chi connectivity index (χ1n) is 3.07. The maximum Gasteiger partial charge on any atom is 0.113 e. The molecule has 1 aliphatic rings. The average Bonchev–Trinajstić information content (AvgIpc) is 1.89. The van der Waals surface area contributed by atoms with Crippen molar-refractivity contribution < 1.29 is 13.9 Å². The van der Waals surface area contributed by atoms with Crippen LogP contribution in [-0.2, 0) is 0 Å². The minimum absolute atomic E-state index is 0.368. The number of rotatable bonds is 1. The quantitative estimate of drug-likeness (QED) is 0.568. The molecule has 1 nitrogen and oxygen atoms in total. The first-order valence-corrected chi connectivity index (χ1v) is 3.07. The monoisotopic (exact) mass is 136 g/mol. The fourth-order valence-corrected chi connectivity index (χ4v) is 1.19. The lowest BCUT2D eigenvalue weighted by Crippen LogP contribution is -2.50. The smallest absolute Gasteiger partial charge is 0.113 e. The highest BCUT2D eigenvalue weighted by atomic mass is 19.2. The van der Waals surface area contributed by atoms with Crippen molar-refractivity contribution in [1.29, 1.82) is 0 Å². The molecular formula is C6H10F2O. The molecule has 3 heteroatoms. The summed E-state index contributed by atoms with van der Waals surface area (Å²) in [5.41, 5.74) is 0. The topological polar surface area (TPSA) is 20.2 Å². The van der Waals surface area contributed by atoms with Gasteiger partial charge in [-0.05, 0) is 0 Å². The van der Waals surface area contributed by atoms with Crippen molar-refractivity contribution in [3.63, 3.8) is 0 Å². The Morgan fingerprint density at radius 3 is 2.00 bits per heavy atom. The van der Waals surface area contributed by atoms with Gasteiger partial charge in [-0.1, -0.05) is 6.92 Å². The van der Waals surface area contributed by atoms with Crippen LogP contribution >= 0.6 is 0 Å². The molecule has 2 atom stereocenters. The first-order chi connectivity index (χ1) is 4.18. The number of aliphatic hydroxyl groups is 1. The van der Waals surface area contributed by atoms with Crippen LogP contribution in [0.3, 0.4) is 0 Å². The summed E-state index contributed by atoms with van der Waals surface area (Å²) >= 11 is 0. The molecule has 0 aromatic rings. The second-order valence-electron chi connectivity index (χ2n) is 2.59. The van der Waals surface area contributed by atoms with E-state index in [2.05, 4.69) is 0 Å². The lowest BCUT2D eigenvalue weighted by atomic mass is 9.72. The van der Waals surface area contributed by atoms with E-state index in [0.29, 0.717) is 0 Å². The van der Waals surface area contributed by atoms with Gasteiger partial charge in [-0.3, -0.25) is 0 Å². The van der Waals surface area contributed by atoms with E-state index in [9.17, 15) is 8.78 Å². The van der Waals surface area contributed by atoms with Crippen molar-refractivity contribution in [1.82, 2.24) is 0 Å². The average molecular weight is 136 g/mol. The number of halogens is 2. The lowest BCUT2D eigenvalue weighted by Gasteiger charge is -2.39. The summed E-state index contributed by atoms with van der Waals surface area (Å²) in [5, 5.41) is 8.36. The second kappa shape index (κ2) is 2.21. The fourth-order valence-electron chi connectivity index (χ4n) is 1.19. The molecule has 0 saturated heterocycles. The molecule has 2 unspecified atom stereocenters. The third kappa shape index (κ3) is 0.834. The van der Waals surface area contributed by atoms with Gasteiger partial charge in [0.15, 0.2) is 0 Å². The predicted octanol–water partition coefficient (Wildman–Crippen LogP) is 0.921. The van der Waals surface area contributed by atoms with Crippen LogP contribution < -0.4 is 0 Å². The number of aliphatic hydroxyl groups excluding tert-OH is 1. The van der Waals surface area contributed by atoms with Crippen LogP contribution in [0.1, 0.15) is 6.92 Å². The van der Waals surface area contributed by atoms with Crippen molar-refractivity contribution in [2.24, 2.45) is 11.8 Å².